The van der Waals surface area contributed by atoms with E-state index in [1.54, 1.807) is 24.3 Å². The van der Waals surface area contributed by atoms with Crippen molar-refractivity contribution in [2.75, 3.05) is 0 Å². The quantitative estimate of drug-likeness (QED) is 0.771. The van der Waals surface area contributed by atoms with Gasteiger partial charge in [0.1, 0.15) is 23.0 Å². The smallest absolute Gasteiger partial charge is 0.131 e. The fraction of sp³-hybridized carbons (Fsp3) is 0.400. The maximum Gasteiger partial charge on any atom is 0.131 e. The van der Waals surface area contributed by atoms with Crippen LogP contribution in [0.25, 0.3) is 0 Å². The number of rotatable bonds is 2. The third-order valence-corrected chi connectivity index (χ3v) is 3.75. The fourth-order valence-corrected chi connectivity index (χ4v) is 2.29. The third kappa shape index (κ3) is 4.41. The molecule has 124 valence electrons. The lowest BCUT2D eigenvalue weighted by Crippen LogP contribution is -2.11. The molecule has 2 aromatic rings. The Bertz CT molecular complexity index is 642. The summed E-state index contributed by atoms with van der Waals surface area (Å²) >= 11 is 0. The van der Waals surface area contributed by atoms with E-state index < -0.39 is 0 Å². The van der Waals surface area contributed by atoms with Crippen molar-refractivity contribution >= 4 is 0 Å². The van der Waals surface area contributed by atoms with Gasteiger partial charge in [-0.05, 0) is 46.2 Å². The molecular formula is C20H26O3. The van der Waals surface area contributed by atoms with Crippen LogP contribution in [-0.4, -0.2) is 10.2 Å². The Morgan fingerprint density at radius 1 is 0.609 bits per heavy atom. The predicted octanol–water partition coefficient (Wildman–Crippen LogP) is 5.49. The zero-order valence-corrected chi connectivity index (χ0v) is 14.8. The minimum absolute atomic E-state index is 0.0910. The first-order valence-electron chi connectivity index (χ1n) is 7.82. The molecule has 0 atom stereocenters. The van der Waals surface area contributed by atoms with Crippen molar-refractivity contribution < 1.29 is 14.9 Å². The first-order valence-corrected chi connectivity index (χ1v) is 7.82. The molecule has 3 heteroatoms. The van der Waals surface area contributed by atoms with Crippen LogP contribution >= 0.6 is 0 Å². The van der Waals surface area contributed by atoms with Crippen LogP contribution in [0.15, 0.2) is 36.4 Å². The molecule has 0 aliphatic rings. The van der Waals surface area contributed by atoms with Crippen molar-refractivity contribution in [3.63, 3.8) is 0 Å². The average molecular weight is 314 g/mol. The van der Waals surface area contributed by atoms with Crippen LogP contribution in [0.3, 0.4) is 0 Å². The predicted molar refractivity (Wildman–Crippen MR) is 93.7 cm³/mol. The number of hydrogen-bond acceptors (Lipinski definition) is 3. The van der Waals surface area contributed by atoms with Crippen molar-refractivity contribution in [1.82, 2.24) is 0 Å². The van der Waals surface area contributed by atoms with Gasteiger partial charge in [0.2, 0.25) is 0 Å². The van der Waals surface area contributed by atoms with Gasteiger partial charge in [-0.25, -0.2) is 0 Å². The molecule has 0 unspecified atom stereocenters. The van der Waals surface area contributed by atoms with Gasteiger partial charge in [-0.15, -0.1) is 0 Å². The van der Waals surface area contributed by atoms with Crippen molar-refractivity contribution in [3.8, 4) is 23.0 Å². The Morgan fingerprint density at radius 3 is 1.26 bits per heavy atom. The number of hydrogen-bond donors (Lipinski definition) is 2. The second kappa shape index (κ2) is 5.80. The van der Waals surface area contributed by atoms with Gasteiger partial charge >= 0.3 is 0 Å². The summed E-state index contributed by atoms with van der Waals surface area (Å²) in [4.78, 5) is 0. The molecule has 0 aliphatic heterocycles. The highest BCUT2D eigenvalue weighted by molar-refractivity contribution is 5.45. The molecule has 0 saturated carbocycles. The van der Waals surface area contributed by atoms with E-state index in [2.05, 4.69) is 41.5 Å². The zero-order chi connectivity index (χ0) is 17.4. The Morgan fingerprint density at radius 2 is 0.957 bits per heavy atom. The molecule has 3 nitrogen and oxygen atoms in total. The van der Waals surface area contributed by atoms with Crippen LogP contribution in [0.1, 0.15) is 52.7 Å². The molecule has 0 saturated heterocycles. The molecular weight excluding hydrogens is 288 g/mol. The summed E-state index contributed by atoms with van der Waals surface area (Å²) < 4.78 is 5.89. The van der Waals surface area contributed by atoms with E-state index in [1.165, 1.54) is 0 Å². The maximum atomic E-state index is 9.94. The van der Waals surface area contributed by atoms with Gasteiger partial charge in [-0.1, -0.05) is 41.5 Å². The van der Waals surface area contributed by atoms with Crippen LogP contribution in [0.4, 0.5) is 0 Å². The summed E-state index contributed by atoms with van der Waals surface area (Å²) in [5.74, 6) is 1.45. The molecule has 0 spiro atoms. The van der Waals surface area contributed by atoms with E-state index in [4.69, 9.17) is 4.74 Å². The number of aromatic hydroxyl groups is 2. The third-order valence-electron chi connectivity index (χ3n) is 3.75. The highest BCUT2D eigenvalue weighted by Gasteiger charge is 2.18. The second-order valence-corrected chi connectivity index (χ2v) is 8.03. The first-order chi connectivity index (χ1) is 10.4. The molecule has 2 rings (SSSR count). The second-order valence-electron chi connectivity index (χ2n) is 8.03. The maximum absolute atomic E-state index is 9.94. The molecule has 0 aromatic heterocycles. The van der Waals surface area contributed by atoms with Gasteiger partial charge < -0.3 is 14.9 Å². The molecule has 2 aromatic carbocycles. The highest BCUT2D eigenvalue weighted by Crippen LogP contribution is 2.35. The van der Waals surface area contributed by atoms with Gasteiger partial charge in [0.05, 0.1) is 0 Å². The Labute approximate surface area is 138 Å². The van der Waals surface area contributed by atoms with Crippen LogP contribution in [0.5, 0.6) is 23.0 Å². The van der Waals surface area contributed by atoms with Gasteiger partial charge in [0.25, 0.3) is 0 Å². The topological polar surface area (TPSA) is 49.7 Å². The molecule has 0 radical (unpaired) electrons. The molecule has 0 heterocycles. The largest absolute Gasteiger partial charge is 0.508 e. The lowest BCUT2D eigenvalue weighted by Gasteiger charge is -2.22. The molecule has 23 heavy (non-hydrogen) atoms. The monoisotopic (exact) mass is 314 g/mol. The Kier molecular flexibility index (Phi) is 4.34. The van der Waals surface area contributed by atoms with Gasteiger partial charge in [-0.3, -0.25) is 0 Å². The lowest BCUT2D eigenvalue weighted by molar-refractivity contribution is 0.438. The van der Waals surface area contributed by atoms with Crippen molar-refractivity contribution in [3.05, 3.63) is 47.5 Å². The molecule has 0 bridgehead atoms. The lowest BCUT2D eigenvalue weighted by atomic mass is 9.86. The van der Waals surface area contributed by atoms with Crippen LogP contribution in [-0.2, 0) is 10.8 Å². The molecule has 0 aliphatic carbocycles. The molecule has 2 N–H and O–H groups in total. The standard InChI is InChI=1S/C20H26O3/c1-19(2,3)13-7-15(21)11-17(9-13)23-18-10-14(20(4,5)6)8-16(22)12-18/h7-12,21-22H,1-6H3. The summed E-state index contributed by atoms with van der Waals surface area (Å²) in [7, 11) is 0. The van der Waals surface area contributed by atoms with Crippen LogP contribution < -0.4 is 4.74 Å². The van der Waals surface area contributed by atoms with Gasteiger partial charge in [0.15, 0.2) is 0 Å². The molecule has 0 fully saturated rings. The van der Waals surface area contributed by atoms with E-state index in [-0.39, 0.29) is 22.3 Å². The van der Waals surface area contributed by atoms with E-state index in [0.717, 1.165) is 11.1 Å². The number of ether oxygens (including phenoxy) is 1. The van der Waals surface area contributed by atoms with Crippen LogP contribution in [0.2, 0.25) is 0 Å². The minimum Gasteiger partial charge on any atom is -0.508 e. The molecule has 0 amide bonds. The van der Waals surface area contributed by atoms with E-state index in [1.807, 2.05) is 12.1 Å². The number of phenols is 2. The first kappa shape index (κ1) is 17.2. The van der Waals surface area contributed by atoms with E-state index in [9.17, 15) is 10.2 Å². The van der Waals surface area contributed by atoms with Crippen molar-refractivity contribution in [2.24, 2.45) is 0 Å². The number of phenolic OH excluding ortho intramolecular Hbond substituents is 2. The highest BCUT2D eigenvalue weighted by atomic mass is 16.5. The Hall–Kier alpha value is -2.16. The summed E-state index contributed by atoms with van der Waals surface area (Å²) in [5.41, 5.74) is 1.80. The summed E-state index contributed by atoms with van der Waals surface area (Å²) in [6.45, 7) is 12.5. The van der Waals surface area contributed by atoms with Crippen LogP contribution in [0, 0.1) is 0 Å². The minimum atomic E-state index is -0.0910. The fourth-order valence-electron chi connectivity index (χ4n) is 2.29. The van der Waals surface area contributed by atoms with Crippen molar-refractivity contribution in [1.29, 1.82) is 0 Å². The number of benzene rings is 2. The SMILES string of the molecule is CC(C)(C)c1cc(O)cc(Oc2cc(O)cc(C(C)(C)C)c2)c1. The summed E-state index contributed by atoms with van der Waals surface area (Å²) in [6.07, 6.45) is 0. The van der Waals surface area contributed by atoms with Crippen molar-refractivity contribution in [2.45, 2.75) is 52.4 Å². The summed E-state index contributed by atoms with van der Waals surface area (Å²) in [5, 5.41) is 19.9. The van der Waals surface area contributed by atoms with Gasteiger partial charge in [0, 0.05) is 12.1 Å². The van der Waals surface area contributed by atoms with E-state index >= 15 is 0 Å². The van der Waals surface area contributed by atoms with E-state index in [0.29, 0.717) is 11.5 Å². The zero-order valence-electron chi connectivity index (χ0n) is 14.8. The van der Waals surface area contributed by atoms with Gasteiger partial charge in [-0.2, -0.15) is 0 Å². The normalized spacial score (nSPS) is 12.3. The summed E-state index contributed by atoms with van der Waals surface area (Å²) in [6, 6.07) is 10.5. The average Bonchev–Trinajstić information content (AvgIpc) is 2.35. The Balaban J connectivity index is 2.40.